The number of benzene rings is 1. The van der Waals surface area contributed by atoms with Crippen LogP contribution in [-0.4, -0.2) is 63.0 Å². The number of hydrogen-bond donors (Lipinski definition) is 2. The van der Waals surface area contributed by atoms with Gasteiger partial charge in [-0.1, -0.05) is 30.3 Å². The lowest BCUT2D eigenvalue weighted by Gasteiger charge is -2.27. The van der Waals surface area contributed by atoms with E-state index in [1.165, 1.54) is 18.4 Å². The molecular weight excluding hydrogens is 475 g/mol. The van der Waals surface area contributed by atoms with Gasteiger partial charge in [-0.15, -0.1) is 24.0 Å². The number of hydrogen-bond acceptors (Lipinski definition) is 4. The summed E-state index contributed by atoms with van der Waals surface area (Å²) in [4.78, 5) is 7.31. The lowest BCUT2D eigenvalue weighted by Crippen LogP contribution is -2.44. The highest BCUT2D eigenvalue weighted by Crippen LogP contribution is 2.25. The van der Waals surface area contributed by atoms with Crippen LogP contribution in [0.4, 0.5) is 0 Å². The Labute approximate surface area is 180 Å². The molecule has 0 bridgehead atoms. The predicted molar refractivity (Wildman–Crippen MR) is 122 cm³/mol. The van der Waals surface area contributed by atoms with E-state index in [0.717, 1.165) is 25.6 Å². The van der Waals surface area contributed by atoms with Gasteiger partial charge in [-0.3, -0.25) is 9.89 Å². The summed E-state index contributed by atoms with van der Waals surface area (Å²) >= 11 is 0. The first-order valence-corrected chi connectivity index (χ1v) is 11.4. The van der Waals surface area contributed by atoms with Gasteiger partial charge in [0.1, 0.15) is 0 Å². The van der Waals surface area contributed by atoms with Gasteiger partial charge in [0.2, 0.25) is 0 Å². The summed E-state index contributed by atoms with van der Waals surface area (Å²) in [7, 11) is -2.90. The van der Waals surface area contributed by atoms with Gasteiger partial charge in [0, 0.05) is 12.6 Å². The van der Waals surface area contributed by atoms with E-state index in [1.807, 2.05) is 13.0 Å². The van der Waals surface area contributed by atoms with Gasteiger partial charge in [0.15, 0.2) is 15.8 Å². The number of aliphatic imine (C=N–C) groups is 1. The molecule has 0 aliphatic carbocycles. The van der Waals surface area contributed by atoms with Crippen molar-refractivity contribution in [2.75, 3.05) is 37.7 Å². The molecule has 3 rings (SSSR count). The number of nitrogens with zero attached hydrogens (tertiary/aromatic N) is 2. The van der Waals surface area contributed by atoms with Gasteiger partial charge in [-0.05, 0) is 44.8 Å². The fourth-order valence-electron chi connectivity index (χ4n) is 3.76. The third-order valence-corrected chi connectivity index (χ3v) is 6.87. The van der Waals surface area contributed by atoms with Crippen LogP contribution in [-0.2, 0) is 9.84 Å². The average molecular weight is 506 g/mol. The van der Waals surface area contributed by atoms with Crippen molar-refractivity contribution < 1.29 is 8.42 Å². The number of halogens is 1. The fourth-order valence-corrected chi connectivity index (χ4v) is 5.43. The van der Waals surface area contributed by atoms with Gasteiger partial charge in [0.25, 0.3) is 0 Å². The van der Waals surface area contributed by atoms with Crippen molar-refractivity contribution in [2.45, 2.75) is 38.3 Å². The SMILES string of the molecule is CCNC(=NCC(c1ccccc1)N1CCCC1)NC1CCS(=O)(=O)C1.I. The molecule has 2 heterocycles. The van der Waals surface area contributed by atoms with Gasteiger partial charge in [-0.2, -0.15) is 0 Å². The Bertz CT molecular complexity index is 706. The minimum atomic E-state index is -2.90. The molecule has 2 N–H and O–H groups in total. The number of rotatable bonds is 6. The molecule has 0 saturated carbocycles. The first-order chi connectivity index (χ1) is 12.6. The van der Waals surface area contributed by atoms with Gasteiger partial charge in [0.05, 0.1) is 24.1 Å². The molecule has 0 aromatic heterocycles. The molecule has 0 amide bonds. The van der Waals surface area contributed by atoms with Crippen LogP contribution in [0.15, 0.2) is 35.3 Å². The molecule has 152 valence electrons. The zero-order valence-corrected chi connectivity index (χ0v) is 19.1. The minimum absolute atomic E-state index is 0. The van der Waals surface area contributed by atoms with Gasteiger partial charge >= 0.3 is 0 Å². The van der Waals surface area contributed by atoms with E-state index in [2.05, 4.69) is 39.8 Å². The van der Waals surface area contributed by atoms with Crippen LogP contribution in [0.5, 0.6) is 0 Å². The molecule has 2 saturated heterocycles. The third kappa shape index (κ3) is 6.60. The predicted octanol–water partition coefficient (Wildman–Crippen LogP) is 2.18. The van der Waals surface area contributed by atoms with Gasteiger partial charge in [-0.25, -0.2) is 8.42 Å². The number of sulfone groups is 1. The first-order valence-electron chi connectivity index (χ1n) is 9.61. The summed E-state index contributed by atoms with van der Waals surface area (Å²) in [6.45, 7) is 5.67. The molecule has 8 heteroatoms. The highest BCUT2D eigenvalue weighted by atomic mass is 127. The molecule has 0 spiro atoms. The summed E-state index contributed by atoms with van der Waals surface area (Å²) in [6.07, 6.45) is 3.14. The van der Waals surface area contributed by atoms with E-state index in [4.69, 9.17) is 4.99 Å². The molecule has 2 unspecified atom stereocenters. The van der Waals surface area contributed by atoms with E-state index in [1.54, 1.807) is 0 Å². The van der Waals surface area contributed by atoms with Crippen molar-refractivity contribution in [1.29, 1.82) is 0 Å². The fraction of sp³-hybridized carbons (Fsp3) is 0.632. The lowest BCUT2D eigenvalue weighted by atomic mass is 10.1. The van der Waals surface area contributed by atoms with Crippen molar-refractivity contribution in [3.8, 4) is 0 Å². The molecule has 1 aromatic rings. The maximum Gasteiger partial charge on any atom is 0.191 e. The first kappa shape index (κ1) is 22.4. The maximum atomic E-state index is 11.7. The van der Waals surface area contributed by atoms with Crippen LogP contribution in [0.3, 0.4) is 0 Å². The molecule has 27 heavy (non-hydrogen) atoms. The van der Waals surface area contributed by atoms with E-state index in [9.17, 15) is 8.42 Å². The Morgan fingerprint density at radius 3 is 2.56 bits per heavy atom. The normalized spacial score (nSPS) is 23.6. The maximum absolute atomic E-state index is 11.7. The average Bonchev–Trinajstić information content (AvgIpc) is 3.26. The third-order valence-electron chi connectivity index (χ3n) is 5.11. The smallest absolute Gasteiger partial charge is 0.191 e. The van der Waals surface area contributed by atoms with Crippen LogP contribution < -0.4 is 10.6 Å². The Kier molecular flexibility index (Phi) is 8.81. The number of guanidine groups is 1. The second-order valence-electron chi connectivity index (χ2n) is 7.13. The van der Waals surface area contributed by atoms with Crippen LogP contribution in [0.2, 0.25) is 0 Å². The summed E-state index contributed by atoms with van der Waals surface area (Å²) in [6, 6.07) is 10.8. The zero-order chi connectivity index (χ0) is 18.4. The van der Waals surface area contributed by atoms with E-state index >= 15 is 0 Å². The molecular formula is C19H31IN4O2S. The zero-order valence-electron chi connectivity index (χ0n) is 15.9. The monoisotopic (exact) mass is 506 g/mol. The van der Waals surface area contributed by atoms with Crippen LogP contribution in [0.1, 0.15) is 37.8 Å². The molecule has 2 aliphatic heterocycles. The second-order valence-corrected chi connectivity index (χ2v) is 9.36. The largest absolute Gasteiger partial charge is 0.357 e. The number of likely N-dealkylation sites (tertiary alicyclic amines) is 1. The molecule has 0 radical (unpaired) electrons. The van der Waals surface area contributed by atoms with Crippen LogP contribution in [0.25, 0.3) is 0 Å². The Hall–Kier alpha value is -0.870. The molecule has 2 atom stereocenters. The minimum Gasteiger partial charge on any atom is -0.357 e. The Morgan fingerprint density at radius 1 is 1.26 bits per heavy atom. The molecule has 6 nitrogen and oxygen atoms in total. The summed E-state index contributed by atoms with van der Waals surface area (Å²) < 4.78 is 23.4. The summed E-state index contributed by atoms with van der Waals surface area (Å²) in [5, 5.41) is 6.57. The van der Waals surface area contributed by atoms with Crippen LogP contribution >= 0.6 is 24.0 Å². The van der Waals surface area contributed by atoms with E-state index in [-0.39, 0.29) is 47.6 Å². The van der Waals surface area contributed by atoms with Crippen molar-refractivity contribution in [3.63, 3.8) is 0 Å². The molecule has 1 aromatic carbocycles. The Balaban J connectivity index is 0.00000261. The summed E-state index contributed by atoms with van der Waals surface area (Å²) in [5.74, 6) is 1.19. The molecule has 2 fully saturated rings. The van der Waals surface area contributed by atoms with Gasteiger partial charge < -0.3 is 10.6 Å². The highest BCUT2D eigenvalue weighted by Gasteiger charge is 2.28. The lowest BCUT2D eigenvalue weighted by molar-refractivity contribution is 0.251. The highest BCUT2D eigenvalue weighted by molar-refractivity contribution is 14.0. The van der Waals surface area contributed by atoms with E-state index < -0.39 is 9.84 Å². The van der Waals surface area contributed by atoms with Crippen molar-refractivity contribution in [1.82, 2.24) is 15.5 Å². The van der Waals surface area contributed by atoms with Crippen molar-refractivity contribution >= 4 is 39.8 Å². The van der Waals surface area contributed by atoms with E-state index in [0.29, 0.717) is 13.0 Å². The Morgan fingerprint density at radius 2 is 1.96 bits per heavy atom. The standard InChI is InChI=1S/C19H30N4O2S.HI/c1-2-20-19(22-17-10-13-26(24,25)15-17)21-14-18(23-11-6-7-12-23)16-8-4-3-5-9-16;/h3-5,8-9,17-18H,2,6-7,10-15H2,1H3,(H2,20,21,22);1H. The number of nitrogens with one attached hydrogen (secondary N) is 2. The quantitative estimate of drug-likeness (QED) is 0.352. The molecule has 2 aliphatic rings. The van der Waals surface area contributed by atoms with Crippen molar-refractivity contribution in [2.24, 2.45) is 4.99 Å². The second kappa shape index (κ2) is 10.6. The van der Waals surface area contributed by atoms with Crippen LogP contribution in [0, 0.1) is 0 Å². The summed E-state index contributed by atoms with van der Waals surface area (Å²) in [5.41, 5.74) is 1.29. The van der Waals surface area contributed by atoms with Crippen molar-refractivity contribution in [3.05, 3.63) is 35.9 Å². The topological polar surface area (TPSA) is 73.8 Å².